The minimum absolute atomic E-state index is 0.0178. The van der Waals surface area contributed by atoms with E-state index >= 15 is 0 Å². The van der Waals surface area contributed by atoms with E-state index in [1.54, 1.807) is 36.7 Å². The van der Waals surface area contributed by atoms with E-state index in [9.17, 15) is 8.42 Å². The van der Waals surface area contributed by atoms with Crippen molar-refractivity contribution in [1.29, 1.82) is 0 Å². The van der Waals surface area contributed by atoms with Gasteiger partial charge in [-0.2, -0.15) is 15.2 Å². The van der Waals surface area contributed by atoms with E-state index in [4.69, 9.17) is 4.74 Å². The van der Waals surface area contributed by atoms with Crippen LogP contribution in [0.3, 0.4) is 0 Å². The fourth-order valence-electron chi connectivity index (χ4n) is 5.12. The fraction of sp³-hybridized carbons (Fsp3) is 0.333. The summed E-state index contributed by atoms with van der Waals surface area (Å²) in [4.78, 5) is 11.6. The van der Waals surface area contributed by atoms with Crippen LogP contribution in [0.4, 0.5) is 5.95 Å². The van der Waals surface area contributed by atoms with Crippen LogP contribution in [-0.2, 0) is 23.1 Å². The summed E-state index contributed by atoms with van der Waals surface area (Å²) in [6, 6.07) is 16.8. The highest BCUT2D eigenvalue weighted by molar-refractivity contribution is 7.92. The van der Waals surface area contributed by atoms with Gasteiger partial charge in [-0.25, -0.2) is 18.1 Å². The molecule has 10 heteroatoms. The largest absolute Gasteiger partial charge is 0.476 e. The van der Waals surface area contributed by atoms with Crippen LogP contribution < -0.4 is 9.46 Å². The van der Waals surface area contributed by atoms with Crippen molar-refractivity contribution in [2.45, 2.75) is 58.1 Å². The second-order valence-corrected chi connectivity index (χ2v) is 12.4. The number of rotatable bonds is 5. The molecule has 1 atom stereocenters. The molecular formula is C30H34N6O3S. The molecule has 1 N–H and O–H groups in total. The lowest BCUT2D eigenvalue weighted by atomic mass is 10.00. The summed E-state index contributed by atoms with van der Waals surface area (Å²) in [5.41, 5.74) is 5.47. The molecule has 0 saturated heterocycles. The van der Waals surface area contributed by atoms with Gasteiger partial charge in [0.2, 0.25) is 11.8 Å². The van der Waals surface area contributed by atoms with Crippen molar-refractivity contribution >= 4 is 16.0 Å². The van der Waals surface area contributed by atoms with Crippen molar-refractivity contribution in [2.24, 2.45) is 5.92 Å². The number of fused-ring (bicyclic) bond motifs is 4. The molecule has 40 heavy (non-hydrogen) atoms. The molecule has 2 aromatic heterocycles. The SMILES string of the molecule is Cc1cccc(C)c1-c1cc2nc(n1)NS(=O)(=O)c1cccc(c1)CN(Cc1ccnnc1)[C@H](CC(C)C)CO2. The second kappa shape index (κ2) is 11.7. The molecule has 4 aromatic rings. The maximum absolute atomic E-state index is 13.5. The van der Waals surface area contributed by atoms with Gasteiger partial charge in [-0.15, -0.1) is 0 Å². The number of hydrogen-bond donors (Lipinski definition) is 1. The standard InChI is InChI=1S/C30H34N6O3S/c1-20(2)13-25-19-39-28-15-27(29-21(3)7-5-8-22(29)4)33-30(34-28)35-40(37,38)26-10-6-9-23(14-26)17-36(25)18-24-11-12-31-32-16-24/h5-12,14-16,20,25H,13,17-19H2,1-4H3,(H,33,34,35)/t25-/m1/s1. The van der Waals surface area contributed by atoms with Gasteiger partial charge in [-0.1, -0.05) is 44.2 Å². The Morgan fingerprint density at radius 3 is 2.52 bits per heavy atom. The van der Waals surface area contributed by atoms with Gasteiger partial charge in [0, 0.05) is 37.0 Å². The highest BCUT2D eigenvalue weighted by atomic mass is 32.2. The topological polar surface area (TPSA) is 110 Å². The van der Waals surface area contributed by atoms with Crippen molar-refractivity contribution in [2.75, 3.05) is 11.3 Å². The van der Waals surface area contributed by atoms with Gasteiger partial charge in [0.25, 0.3) is 10.0 Å². The van der Waals surface area contributed by atoms with Crippen LogP contribution in [-0.4, -0.2) is 46.1 Å². The van der Waals surface area contributed by atoms with Crippen molar-refractivity contribution in [1.82, 2.24) is 25.1 Å². The normalized spacial score (nSPS) is 17.2. The average molecular weight is 559 g/mol. The maximum Gasteiger partial charge on any atom is 0.264 e. The third-order valence-electron chi connectivity index (χ3n) is 6.97. The maximum atomic E-state index is 13.5. The number of nitrogens with zero attached hydrogens (tertiary/aromatic N) is 5. The molecule has 2 aromatic carbocycles. The molecule has 0 radical (unpaired) electrons. The lowest BCUT2D eigenvalue weighted by Crippen LogP contribution is -2.39. The molecule has 0 spiro atoms. The zero-order valence-electron chi connectivity index (χ0n) is 23.2. The first kappa shape index (κ1) is 27.7. The molecule has 9 nitrogen and oxygen atoms in total. The monoisotopic (exact) mass is 558 g/mol. The van der Waals surface area contributed by atoms with Crippen LogP contribution >= 0.6 is 0 Å². The number of sulfonamides is 1. The van der Waals surface area contributed by atoms with E-state index in [0.29, 0.717) is 37.2 Å². The minimum atomic E-state index is -3.95. The Hall–Kier alpha value is -3.89. The predicted octanol–water partition coefficient (Wildman–Crippen LogP) is 5.16. The summed E-state index contributed by atoms with van der Waals surface area (Å²) in [6.07, 6.45) is 4.31. The van der Waals surface area contributed by atoms with Crippen LogP contribution in [0, 0.1) is 19.8 Å². The minimum Gasteiger partial charge on any atom is -0.476 e. The molecule has 4 bridgehead atoms. The van der Waals surface area contributed by atoms with Gasteiger partial charge in [-0.3, -0.25) is 4.90 Å². The summed E-state index contributed by atoms with van der Waals surface area (Å²) in [6.45, 7) is 9.89. The van der Waals surface area contributed by atoms with E-state index in [2.05, 4.69) is 43.6 Å². The van der Waals surface area contributed by atoms with Gasteiger partial charge < -0.3 is 4.74 Å². The Labute approximate surface area is 235 Å². The fourth-order valence-corrected chi connectivity index (χ4v) is 6.14. The number of aromatic nitrogens is 4. The average Bonchev–Trinajstić information content (AvgIpc) is 2.91. The van der Waals surface area contributed by atoms with Gasteiger partial charge >= 0.3 is 0 Å². The van der Waals surface area contributed by atoms with E-state index in [-0.39, 0.29) is 16.9 Å². The highest BCUT2D eigenvalue weighted by Gasteiger charge is 2.25. The molecule has 208 valence electrons. The molecule has 0 saturated carbocycles. The first-order chi connectivity index (χ1) is 19.2. The van der Waals surface area contributed by atoms with Crippen LogP contribution in [0.1, 0.15) is 42.5 Å². The Kier molecular flexibility index (Phi) is 8.09. The molecule has 5 rings (SSSR count). The van der Waals surface area contributed by atoms with Gasteiger partial charge in [0.1, 0.15) is 6.61 Å². The molecule has 3 heterocycles. The molecule has 1 aliphatic rings. The molecule has 0 amide bonds. The van der Waals surface area contributed by atoms with Crippen molar-refractivity contribution in [3.63, 3.8) is 0 Å². The number of anilines is 1. The quantitative estimate of drug-likeness (QED) is 0.358. The lowest BCUT2D eigenvalue weighted by Gasteiger charge is -2.33. The highest BCUT2D eigenvalue weighted by Crippen LogP contribution is 2.30. The summed E-state index contributed by atoms with van der Waals surface area (Å²) < 4.78 is 35.9. The van der Waals surface area contributed by atoms with Gasteiger partial charge in [0.05, 0.1) is 16.8 Å². The zero-order valence-corrected chi connectivity index (χ0v) is 24.0. The van der Waals surface area contributed by atoms with E-state index in [0.717, 1.165) is 34.2 Å². The van der Waals surface area contributed by atoms with Gasteiger partial charge in [-0.05, 0) is 66.6 Å². The number of hydrogen-bond acceptors (Lipinski definition) is 8. The van der Waals surface area contributed by atoms with Crippen molar-refractivity contribution < 1.29 is 13.2 Å². The third kappa shape index (κ3) is 6.46. The van der Waals surface area contributed by atoms with Crippen molar-refractivity contribution in [3.8, 4) is 17.1 Å². The smallest absolute Gasteiger partial charge is 0.264 e. The Bertz CT molecular complexity index is 1570. The third-order valence-corrected chi connectivity index (χ3v) is 8.30. The van der Waals surface area contributed by atoms with Crippen LogP contribution in [0.5, 0.6) is 5.88 Å². The summed E-state index contributed by atoms with van der Waals surface area (Å²) >= 11 is 0. The van der Waals surface area contributed by atoms with E-state index in [1.807, 2.05) is 44.2 Å². The van der Waals surface area contributed by atoms with Gasteiger partial charge in [0.15, 0.2) is 0 Å². The molecule has 0 unspecified atom stereocenters. The molecule has 1 aliphatic heterocycles. The Morgan fingerprint density at radius 2 is 1.80 bits per heavy atom. The van der Waals surface area contributed by atoms with Crippen LogP contribution in [0.25, 0.3) is 11.3 Å². The number of ether oxygens (including phenoxy) is 1. The van der Waals surface area contributed by atoms with E-state index in [1.165, 1.54) is 0 Å². The summed E-state index contributed by atoms with van der Waals surface area (Å²) in [5.74, 6) is 0.692. The number of benzene rings is 2. The zero-order chi connectivity index (χ0) is 28.3. The Balaban J connectivity index is 1.63. The lowest BCUT2D eigenvalue weighted by molar-refractivity contribution is 0.102. The van der Waals surface area contributed by atoms with Crippen LogP contribution in [0.2, 0.25) is 0 Å². The summed E-state index contributed by atoms with van der Waals surface area (Å²) in [5, 5.41) is 7.97. The number of nitrogens with one attached hydrogen (secondary N) is 1. The predicted molar refractivity (Wildman–Crippen MR) is 154 cm³/mol. The molecule has 0 aliphatic carbocycles. The van der Waals surface area contributed by atoms with E-state index < -0.39 is 10.0 Å². The summed E-state index contributed by atoms with van der Waals surface area (Å²) in [7, 11) is -3.95. The second-order valence-electron chi connectivity index (χ2n) is 10.7. The first-order valence-electron chi connectivity index (χ1n) is 13.4. The first-order valence-corrected chi connectivity index (χ1v) is 14.9. The van der Waals surface area contributed by atoms with Crippen molar-refractivity contribution in [3.05, 3.63) is 89.2 Å². The Morgan fingerprint density at radius 1 is 1.02 bits per heavy atom. The molecular weight excluding hydrogens is 524 g/mol. The molecule has 0 fully saturated rings. The number of aryl methyl sites for hydroxylation is 2. The van der Waals surface area contributed by atoms with Crippen LogP contribution in [0.15, 0.2) is 71.9 Å².